The fourth-order valence-electron chi connectivity index (χ4n) is 2.00. The minimum Gasteiger partial charge on any atom is -0.468 e. The first-order chi connectivity index (χ1) is 9.29. The molecule has 0 spiro atoms. The maximum atomic E-state index is 12.0. The van der Waals surface area contributed by atoms with Crippen molar-refractivity contribution in [3.05, 3.63) is 60.1 Å². The third kappa shape index (κ3) is 4.07. The zero-order valence-electron chi connectivity index (χ0n) is 11.2. The monoisotopic (exact) mass is 257 g/mol. The standard InChI is InChI=1S/C16H19NO2/c1-2-17(13-15-9-6-12-19-15)11-10-16(18)14-7-4-3-5-8-14/h3-9,12H,2,10-11,13H2,1H3. The van der Waals surface area contributed by atoms with Crippen molar-refractivity contribution in [1.82, 2.24) is 4.90 Å². The minimum atomic E-state index is 0.193. The lowest BCUT2D eigenvalue weighted by atomic mass is 10.1. The van der Waals surface area contributed by atoms with Crippen LogP contribution < -0.4 is 0 Å². The zero-order chi connectivity index (χ0) is 13.5. The lowest BCUT2D eigenvalue weighted by Gasteiger charge is -2.18. The molecule has 0 radical (unpaired) electrons. The summed E-state index contributed by atoms with van der Waals surface area (Å²) in [4.78, 5) is 14.2. The second-order valence-electron chi connectivity index (χ2n) is 4.49. The number of carbonyl (C=O) groups is 1. The first-order valence-corrected chi connectivity index (χ1v) is 6.62. The average molecular weight is 257 g/mol. The van der Waals surface area contributed by atoms with Crippen molar-refractivity contribution in [2.75, 3.05) is 13.1 Å². The molecule has 1 heterocycles. The van der Waals surface area contributed by atoms with Crippen LogP contribution in [-0.4, -0.2) is 23.8 Å². The van der Waals surface area contributed by atoms with Gasteiger partial charge >= 0.3 is 0 Å². The lowest BCUT2D eigenvalue weighted by Crippen LogP contribution is -2.25. The maximum absolute atomic E-state index is 12.0. The summed E-state index contributed by atoms with van der Waals surface area (Å²) in [7, 11) is 0. The van der Waals surface area contributed by atoms with Gasteiger partial charge in [0.15, 0.2) is 5.78 Å². The van der Waals surface area contributed by atoms with Crippen LogP contribution >= 0.6 is 0 Å². The molecule has 0 atom stereocenters. The number of hydrogen-bond acceptors (Lipinski definition) is 3. The fourth-order valence-corrected chi connectivity index (χ4v) is 2.00. The molecule has 100 valence electrons. The highest BCUT2D eigenvalue weighted by Gasteiger charge is 2.10. The number of Topliss-reactive ketones (excluding diaryl/α,β-unsaturated/α-hetero) is 1. The van der Waals surface area contributed by atoms with Gasteiger partial charge in [0.1, 0.15) is 5.76 Å². The number of hydrogen-bond donors (Lipinski definition) is 0. The Balaban J connectivity index is 1.84. The van der Waals surface area contributed by atoms with E-state index in [-0.39, 0.29) is 5.78 Å². The predicted molar refractivity (Wildman–Crippen MR) is 75.0 cm³/mol. The second-order valence-corrected chi connectivity index (χ2v) is 4.49. The molecule has 0 N–H and O–H groups in total. The molecule has 3 heteroatoms. The van der Waals surface area contributed by atoms with Gasteiger partial charge in [-0.25, -0.2) is 0 Å². The molecule has 0 aliphatic rings. The van der Waals surface area contributed by atoms with Gasteiger partial charge < -0.3 is 4.42 Å². The predicted octanol–water partition coefficient (Wildman–Crippen LogP) is 3.37. The molecule has 3 nitrogen and oxygen atoms in total. The van der Waals surface area contributed by atoms with Crippen molar-refractivity contribution in [1.29, 1.82) is 0 Å². The summed E-state index contributed by atoms with van der Waals surface area (Å²) in [5.41, 5.74) is 0.788. The van der Waals surface area contributed by atoms with Gasteiger partial charge in [0, 0.05) is 18.5 Å². The van der Waals surface area contributed by atoms with Crippen LogP contribution in [0.1, 0.15) is 29.5 Å². The molecule has 0 fully saturated rings. The molecule has 0 aliphatic heterocycles. The van der Waals surface area contributed by atoms with E-state index in [9.17, 15) is 4.79 Å². The van der Waals surface area contributed by atoms with E-state index in [2.05, 4.69) is 11.8 Å². The van der Waals surface area contributed by atoms with Crippen LogP contribution in [0.3, 0.4) is 0 Å². The fraction of sp³-hybridized carbons (Fsp3) is 0.312. The summed E-state index contributed by atoms with van der Waals surface area (Å²) in [5, 5.41) is 0. The van der Waals surface area contributed by atoms with Crippen molar-refractivity contribution in [3.63, 3.8) is 0 Å². The molecule has 2 aromatic rings. The number of benzene rings is 1. The summed E-state index contributed by atoms with van der Waals surface area (Å²) in [6.07, 6.45) is 2.22. The van der Waals surface area contributed by atoms with Crippen molar-refractivity contribution in [2.24, 2.45) is 0 Å². The first kappa shape index (κ1) is 13.6. The zero-order valence-corrected chi connectivity index (χ0v) is 11.2. The Morgan fingerprint density at radius 2 is 1.95 bits per heavy atom. The number of carbonyl (C=O) groups excluding carboxylic acids is 1. The summed E-state index contributed by atoms with van der Waals surface area (Å²) < 4.78 is 5.33. The Kier molecular flexibility index (Phi) is 4.93. The van der Waals surface area contributed by atoms with Crippen LogP contribution in [0.5, 0.6) is 0 Å². The van der Waals surface area contributed by atoms with Crippen LogP contribution in [0.25, 0.3) is 0 Å². The molecular weight excluding hydrogens is 238 g/mol. The Morgan fingerprint density at radius 1 is 1.16 bits per heavy atom. The highest BCUT2D eigenvalue weighted by molar-refractivity contribution is 5.96. The number of ketones is 1. The molecule has 0 unspecified atom stereocenters. The molecule has 1 aromatic heterocycles. The summed E-state index contributed by atoms with van der Waals surface area (Å²) >= 11 is 0. The van der Waals surface area contributed by atoms with E-state index in [0.29, 0.717) is 6.42 Å². The van der Waals surface area contributed by atoms with Gasteiger partial charge in [-0.1, -0.05) is 37.3 Å². The SMILES string of the molecule is CCN(CCC(=O)c1ccccc1)Cc1ccco1. The van der Waals surface area contributed by atoms with E-state index in [4.69, 9.17) is 4.42 Å². The molecule has 0 aliphatic carbocycles. The van der Waals surface area contributed by atoms with Crippen LogP contribution in [0, 0.1) is 0 Å². The highest BCUT2D eigenvalue weighted by atomic mass is 16.3. The first-order valence-electron chi connectivity index (χ1n) is 6.62. The number of nitrogens with zero attached hydrogens (tertiary/aromatic N) is 1. The quantitative estimate of drug-likeness (QED) is 0.713. The molecule has 0 saturated heterocycles. The second kappa shape index (κ2) is 6.90. The van der Waals surface area contributed by atoms with Gasteiger partial charge in [-0.15, -0.1) is 0 Å². The Bertz CT molecular complexity index is 491. The smallest absolute Gasteiger partial charge is 0.164 e. The average Bonchev–Trinajstić information content (AvgIpc) is 2.97. The van der Waals surface area contributed by atoms with Crippen molar-refractivity contribution in [3.8, 4) is 0 Å². The van der Waals surface area contributed by atoms with E-state index >= 15 is 0 Å². The highest BCUT2D eigenvalue weighted by Crippen LogP contribution is 2.08. The van der Waals surface area contributed by atoms with Gasteiger partial charge in [-0.05, 0) is 18.7 Å². The van der Waals surface area contributed by atoms with Crippen LogP contribution in [0.15, 0.2) is 53.1 Å². The number of furan rings is 1. The molecule has 0 bridgehead atoms. The largest absolute Gasteiger partial charge is 0.468 e. The molecule has 0 amide bonds. The third-order valence-electron chi connectivity index (χ3n) is 3.16. The van der Waals surface area contributed by atoms with Gasteiger partial charge in [0.2, 0.25) is 0 Å². The van der Waals surface area contributed by atoms with Gasteiger partial charge in [0.05, 0.1) is 12.8 Å². The molecule has 0 saturated carbocycles. The topological polar surface area (TPSA) is 33.5 Å². The van der Waals surface area contributed by atoms with E-state index in [0.717, 1.165) is 31.0 Å². The summed E-state index contributed by atoms with van der Waals surface area (Å²) in [5.74, 6) is 1.13. The van der Waals surface area contributed by atoms with Crippen molar-refractivity contribution >= 4 is 5.78 Å². The van der Waals surface area contributed by atoms with Crippen LogP contribution in [0.4, 0.5) is 0 Å². The van der Waals surface area contributed by atoms with Gasteiger partial charge in [-0.3, -0.25) is 9.69 Å². The third-order valence-corrected chi connectivity index (χ3v) is 3.16. The molecule has 1 aromatic carbocycles. The van der Waals surface area contributed by atoms with E-state index in [1.165, 1.54) is 0 Å². The van der Waals surface area contributed by atoms with E-state index in [1.54, 1.807) is 6.26 Å². The van der Waals surface area contributed by atoms with E-state index < -0.39 is 0 Å². The minimum absolute atomic E-state index is 0.193. The molecule has 19 heavy (non-hydrogen) atoms. The summed E-state index contributed by atoms with van der Waals surface area (Å²) in [6.45, 7) is 4.51. The Labute approximate surface area is 113 Å². The summed E-state index contributed by atoms with van der Waals surface area (Å²) in [6, 6.07) is 13.3. The van der Waals surface area contributed by atoms with Crippen LogP contribution in [-0.2, 0) is 6.54 Å². The lowest BCUT2D eigenvalue weighted by molar-refractivity contribution is 0.0961. The Hall–Kier alpha value is -1.87. The maximum Gasteiger partial charge on any atom is 0.164 e. The van der Waals surface area contributed by atoms with Gasteiger partial charge in [0.25, 0.3) is 0 Å². The Morgan fingerprint density at radius 3 is 2.58 bits per heavy atom. The van der Waals surface area contributed by atoms with Crippen molar-refractivity contribution < 1.29 is 9.21 Å². The normalized spacial score (nSPS) is 10.8. The molecular formula is C16H19NO2. The molecule has 2 rings (SSSR count). The van der Waals surface area contributed by atoms with E-state index in [1.807, 2.05) is 42.5 Å². The van der Waals surface area contributed by atoms with Crippen molar-refractivity contribution in [2.45, 2.75) is 19.9 Å². The number of rotatable bonds is 7. The van der Waals surface area contributed by atoms with Crippen LogP contribution in [0.2, 0.25) is 0 Å². The van der Waals surface area contributed by atoms with Gasteiger partial charge in [-0.2, -0.15) is 0 Å².